The lowest BCUT2D eigenvalue weighted by Crippen LogP contribution is -2.31. The van der Waals surface area contributed by atoms with E-state index in [1.54, 1.807) is 23.1 Å². The maximum atomic E-state index is 12.9. The monoisotopic (exact) mass is 359 g/mol. The van der Waals surface area contributed by atoms with Crippen LogP contribution in [0.1, 0.15) is 33.5 Å². The molecular weight excluding hydrogens is 338 g/mol. The number of hydrogen-bond acceptors (Lipinski definition) is 3. The maximum absolute atomic E-state index is 12.9. The van der Waals surface area contributed by atoms with Gasteiger partial charge in [-0.25, -0.2) is 4.98 Å². The van der Waals surface area contributed by atoms with Gasteiger partial charge in [-0.15, -0.1) is 0 Å². The summed E-state index contributed by atoms with van der Waals surface area (Å²) in [5.74, 6) is -0.593. The molecule has 5 nitrogen and oxygen atoms in total. The molecule has 2 amide bonds. The standard InChI is InChI=1S/C22H21N3O2/c1-3-25(18-8-5-4-6-9-18)22(27)20-11-7-10-19(24-20)21(26)23-17-14-12-16(2)13-15-17/h4-15H,3H2,1-2H3,(H,23,26). The molecule has 0 bridgehead atoms. The van der Waals surface area contributed by atoms with E-state index in [0.29, 0.717) is 12.2 Å². The Labute approximate surface area is 158 Å². The first-order valence-corrected chi connectivity index (χ1v) is 8.80. The summed E-state index contributed by atoms with van der Waals surface area (Å²) in [6.07, 6.45) is 0. The normalized spacial score (nSPS) is 10.3. The third-order valence-electron chi connectivity index (χ3n) is 4.14. The number of nitrogens with one attached hydrogen (secondary N) is 1. The molecule has 0 fully saturated rings. The average molecular weight is 359 g/mol. The number of aromatic nitrogens is 1. The Kier molecular flexibility index (Phi) is 5.61. The highest BCUT2D eigenvalue weighted by atomic mass is 16.2. The van der Waals surface area contributed by atoms with Crippen molar-refractivity contribution in [3.63, 3.8) is 0 Å². The van der Waals surface area contributed by atoms with Crippen LogP contribution in [0.25, 0.3) is 0 Å². The molecule has 0 aliphatic rings. The van der Waals surface area contributed by atoms with E-state index in [1.165, 1.54) is 0 Å². The Bertz CT molecular complexity index is 937. The zero-order valence-electron chi connectivity index (χ0n) is 15.3. The summed E-state index contributed by atoms with van der Waals surface area (Å²) < 4.78 is 0. The third-order valence-corrected chi connectivity index (χ3v) is 4.14. The number of carbonyl (C=O) groups excluding carboxylic acids is 2. The molecule has 5 heteroatoms. The molecular formula is C22H21N3O2. The zero-order chi connectivity index (χ0) is 19.2. The molecule has 1 N–H and O–H groups in total. The number of para-hydroxylation sites is 1. The molecule has 0 atom stereocenters. The van der Waals surface area contributed by atoms with Crippen molar-refractivity contribution < 1.29 is 9.59 Å². The van der Waals surface area contributed by atoms with Crippen molar-refractivity contribution in [1.82, 2.24) is 4.98 Å². The van der Waals surface area contributed by atoms with E-state index in [2.05, 4.69) is 10.3 Å². The van der Waals surface area contributed by atoms with Gasteiger partial charge in [-0.1, -0.05) is 42.0 Å². The topological polar surface area (TPSA) is 62.3 Å². The number of amides is 2. The minimum Gasteiger partial charge on any atom is -0.321 e. The molecule has 27 heavy (non-hydrogen) atoms. The third kappa shape index (κ3) is 4.39. The molecule has 1 aromatic heterocycles. The molecule has 0 aliphatic heterocycles. The summed E-state index contributed by atoms with van der Waals surface area (Å²) in [5, 5.41) is 2.80. The van der Waals surface area contributed by atoms with E-state index in [4.69, 9.17) is 0 Å². The Hall–Kier alpha value is -3.47. The first kappa shape index (κ1) is 18.3. The average Bonchev–Trinajstić information content (AvgIpc) is 2.71. The van der Waals surface area contributed by atoms with Crippen molar-refractivity contribution in [3.05, 3.63) is 89.7 Å². The highest BCUT2D eigenvalue weighted by molar-refractivity contribution is 6.07. The number of nitrogens with zero attached hydrogens (tertiary/aromatic N) is 2. The SMILES string of the molecule is CCN(C(=O)c1cccc(C(=O)Nc2ccc(C)cc2)n1)c1ccccc1. The molecule has 136 valence electrons. The predicted molar refractivity (Wildman–Crippen MR) is 107 cm³/mol. The van der Waals surface area contributed by atoms with E-state index in [-0.39, 0.29) is 23.2 Å². The first-order chi connectivity index (χ1) is 13.1. The smallest absolute Gasteiger partial charge is 0.276 e. The van der Waals surface area contributed by atoms with E-state index < -0.39 is 0 Å². The number of carbonyl (C=O) groups is 2. The number of benzene rings is 2. The molecule has 0 spiro atoms. The number of rotatable bonds is 5. The van der Waals surface area contributed by atoms with Gasteiger partial charge in [-0.2, -0.15) is 0 Å². The quantitative estimate of drug-likeness (QED) is 0.738. The fourth-order valence-corrected chi connectivity index (χ4v) is 2.70. The fourth-order valence-electron chi connectivity index (χ4n) is 2.70. The lowest BCUT2D eigenvalue weighted by Gasteiger charge is -2.20. The Morgan fingerprint density at radius 3 is 2.22 bits per heavy atom. The lowest BCUT2D eigenvalue weighted by molar-refractivity contribution is 0.0983. The van der Waals surface area contributed by atoms with Crippen molar-refractivity contribution in [3.8, 4) is 0 Å². The van der Waals surface area contributed by atoms with Gasteiger partial charge in [0.2, 0.25) is 0 Å². The molecule has 1 heterocycles. The summed E-state index contributed by atoms with van der Waals surface area (Å²) in [7, 11) is 0. The zero-order valence-corrected chi connectivity index (χ0v) is 15.3. The lowest BCUT2D eigenvalue weighted by atomic mass is 10.2. The molecule has 0 unspecified atom stereocenters. The summed E-state index contributed by atoms with van der Waals surface area (Å²) in [4.78, 5) is 31.3. The summed E-state index contributed by atoms with van der Waals surface area (Å²) in [6.45, 7) is 4.39. The van der Waals surface area contributed by atoms with Gasteiger partial charge in [0.25, 0.3) is 11.8 Å². The van der Waals surface area contributed by atoms with Crippen LogP contribution in [-0.2, 0) is 0 Å². The molecule has 3 rings (SSSR count). The van der Waals surface area contributed by atoms with Crippen molar-refractivity contribution >= 4 is 23.2 Å². The van der Waals surface area contributed by atoms with Crippen LogP contribution in [0.4, 0.5) is 11.4 Å². The number of anilines is 2. The maximum Gasteiger partial charge on any atom is 0.276 e. The second-order valence-electron chi connectivity index (χ2n) is 6.11. The van der Waals surface area contributed by atoms with Crippen molar-refractivity contribution in [1.29, 1.82) is 0 Å². The first-order valence-electron chi connectivity index (χ1n) is 8.80. The highest BCUT2D eigenvalue weighted by Crippen LogP contribution is 2.16. The molecule has 0 radical (unpaired) electrons. The molecule has 3 aromatic rings. The minimum atomic E-state index is -0.351. The summed E-state index contributed by atoms with van der Waals surface area (Å²) >= 11 is 0. The van der Waals surface area contributed by atoms with Crippen molar-refractivity contribution in [2.24, 2.45) is 0 Å². The van der Waals surface area contributed by atoms with Crippen molar-refractivity contribution in [2.75, 3.05) is 16.8 Å². The summed E-state index contributed by atoms with van der Waals surface area (Å²) in [5.41, 5.74) is 3.02. The van der Waals surface area contributed by atoms with Gasteiger partial charge in [0.1, 0.15) is 11.4 Å². The minimum absolute atomic E-state index is 0.200. The van der Waals surface area contributed by atoms with Crippen LogP contribution < -0.4 is 10.2 Å². The van der Waals surface area contributed by atoms with Gasteiger partial charge in [-0.05, 0) is 50.2 Å². The van der Waals surface area contributed by atoms with E-state index in [1.807, 2.05) is 68.4 Å². The van der Waals surface area contributed by atoms with E-state index in [0.717, 1.165) is 11.3 Å². The number of pyridine rings is 1. The van der Waals surface area contributed by atoms with E-state index >= 15 is 0 Å². The molecule has 0 aliphatic carbocycles. The Morgan fingerprint density at radius 2 is 1.56 bits per heavy atom. The highest BCUT2D eigenvalue weighted by Gasteiger charge is 2.19. The predicted octanol–water partition coefficient (Wildman–Crippen LogP) is 4.31. The number of hydrogen-bond donors (Lipinski definition) is 1. The second kappa shape index (κ2) is 8.27. The van der Waals surface area contributed by atoms with Gasteiger partial charge >= 0.3 is 0 Å². The van der Waals surface area contributed by atoms with Gasteiger partial charge in [0.05, 0.1) is 0 Å². The van der Waals surface area contributed by atoms with Crippen LogP contribution >= 0.6 is 0 Å². The van der Waals surface area contributed by atoms with Gasteiger partial charge in [-0.3, -0.25) is 9.59 Å². The van der Waals surface area contributed by atoms with Crippen LogP contribution in [0.2, 0.25) is 0 Å². The van der Waals surface area contributed by atoms with Crippen molar-refractivity contribution in [2.45, 2.75) is 13.8 Å². The fraction of sp³-hybridized carbons (Fsp3) is 0.136. The largest absolute Gasteiger partial charge is 0.321 e. The van der Waals surface area contributed by atoms with Gasteiger partial charge in [0, 0.05) is 17.9 Å². The summed E-state index contributed by atoms with van der Waals surface area (Å²) in [6, 6.07) is 21.8. The van der Waals surface area contributed by atoms with Crippen LogP contribution in [0, 0.1) is 6.92 Å². The van der Waals surface area contributed by atoms with Crippen LogP contribution in [-0.4, -0.2) is 23.3 Å². The van der Waals surface area contributed by atoms with Gasteiger partial charge in [0.15, 0.2) is 0 Å². The number of aryl methyl sites for hydroxylation is 1. The Morgan fingerprint density at radius 1 is 0.889 bits per heavy atom. The second-order valence-corrected chi connectivity index (χ2v) is 6.11. The molecule has 0 saturated carbocycles. The van der Waals surface area contributed by atoms with Crippen LogP contribution in [0.5, 0.6) is 0 Å². The van der Waals surface area contributed by atoms with E-state index in [9.17, 15) is 9.59 Å². The van der Waals surface area contributed by atoms with Gasteiger partial charge < -0.3 is 10.2 Å². The molecule has 2 aromatic carbocycles. The van der Waals surface area contributed by atoms with Crippen LogP contribution in [0.15, 0.2) is 72.8 Å². The molecule has 0 saturated heterocycles. The van der Waals surface area contributed by atoms with Crippen LogP contribution in [0.3, 0.4) is 0 Å². The Balaban J connectivity index is 1.81.